The molecule has 0 aromatic rings. The number of hydrogen-bond acceptors (Lipinski definition) is 4. The lowest BCUT2D eigenvalue weighted by Crippen LogP contribution is -2.33. The first-order chi connectivity index (χ1) is 7.10. The Kier molecular flexibility index (Phi) is 4.93. The quantitative estimate of drug-likeness (QED) is 0.669. The molecule has 0 aromatic heterocycles. The maximum absolute atomic E-state index is 11.5. The van der Waals surface area contributed by atoms with E-state index in [0.717, 1.165) is 0 Å². The van der Waals surface area contributed by atoms with E-state index in [1.54, 1.807) is 27.7 Å². The van der Waals surface area contributed by atoms with Crippen LogP contribution in [0, 0.1) is 10.8 Å². The molecule has 0 bridgehead atoms. The summed E-state index contributed by atoms with van der Waals surface area (Å²) in [6.07, 6.45) is -0.0696. The zero-order chi connectivity index (χ0) is 13.0. The van der Waals surface area contributed by atoms with Crippen molar-refractivity contribution in [3.05, 3.63) is 0 Å². The van der Waals surface area contributed by atoms with Gasteiger partial charge in [-0.15, -0.1) is 0 Å². The van der Waals surface area contributed by atoms with Gasteiger partial charge < -0.3 is 14.9 Å². The molecule has 5 heteroatoms. The predicted molar refractivity (Wildman–Crippen MR) is 57.9 cm³/mol. The number of carbonyl (C=O) groups is 2. The molecule has 0 amide bonds. The van der Waals surface area contributed by atoms with Crippen LogP contribution in [0.3, 0.4) is 0 Å². The molecule has 0 aliphatic heterocycles. The molecule has 2 N–H and O–H groups in total. The molecule has 0 fully saturated rings. The lowest BCUT2D eigenvalue weighted by Gasteiger charge is -2.25. The van der Waals surface area contributed by atoms with Crippen LogP contribution in [0.4, 0.5) is 0 Å². The van der Waals surface area contributed by atoms with Crippen LogP contribution < -0.4 is 0 Å². The molecule has 0 unspecified atom stereocenters. The molecule has 0 saturated heterocycles. The third kappa shape index (κ3) is 5.11. The smallest absolute Gasteiger partial charge is 0.313 e. The van der Waals surface area contributed by atoms with E-state index >= 15 is 0 Å². The van der Waals surface area contributed by atoms with Crippen molar-refractivity contribution in [2.45, 2.75) is 34.1 Å². The SMILES string of the molecule is CC(C)(COC(=O)C(C)(C)CO)CC(=O)O. The normalized spacial score (nSPS) is 12.3. The minimum absolute atomic E-state index is 0.0293. The second kappa shape index (κ2) is 5.30. The predicted octanol–water partition coefficient (Wildman–Crippen LogP) is 1.05. The second-order valence-corrected chi connectivity index (χ2v) is 5.35. The van der Waals surface area contributed by atoms with Crippen molar-refractivity contribution in [3.8, 4) is 0 Å². The van der Waals surface area contributed by atoms with Crippen molar-refractivity contribution < 1.29 is 24.5 Å². The average molecular weight is 232 g/mol. The summed E-state index contributed by atoms with van der Waals surface area (Å²) in [5.41, 5.74) is -1.55. The summed E-state index contributed by atoms with van der Waals surface area (Å²) in [7, 11) is 0. The Labute approximate surface area is 95.4 Å². The Morgan fingerprint density at radius 1 is 1.19 bits per heavy atom. The van der Waals surface area contributed by atoms with Crippen LogP contribution in [0.1, 0.15) is 34.1 Å². The summed E-state index contributed by atoms with van der Waals surface area (Å²) in [6, 6.07) is 0. The molecule has 16 heavy (non-hydrogen) atoms. The highest BCUT2D eigenvalue weighted by molar-refractivity contribution is 5.76. The molecular formula is C11H20O5. The summed E-state index contributed by atoms with van der Waals surface area (Å²) < 4.78 is 5.00. The molecule has 0 spiro atoms. The third-order valence-electron chi connectivity index (χ3n) is 2.17. The topological polar surface area (TPSA) is 83.8 Å². The number of aliphatic hydroxyl groups is 1. The molecule has 0 heterocycles. The highest BCUT2D eigenvalue weighted by Gasteiger charge is 2.31. The van der Waals surface area contributed by atoms with Gasteiger partial charge in [0.25, 0.3) is 0 Å². The van der Waals surface area contributed by atoms with Crippen LogP contribution in [0.2, 0.25) is 0 Å². The zero-order valence-electron chi connectivity index (χ0n) is 10.2. The van der Waals surface area contributed by atoms with Gasteiger partial charge in [-0.2, -0.15) is 0 Å². The van der Waals surface area contributed by atoms with Crippen molar-refractivity contribution in [1.29, 1.82) is 0 Å². The third-order valence-corrected chi connectivity index (χ3v) is 2.17. The number of aliphatic carboxylic acids is 1. The first kappa shape index (κ1) is 14.9. The summed E-state index contributed by atoms with van der Waals surface area (Å²) in [5.74, 6) is -1.45. The molecule has 0 saturated carbocycles. The summed E-state index contributed by atoms with van der Waals surface area (Å²) in [6.45, 7) is 6.28. The molecule has 0 aliphatic rings. The summed E-state index contributed by atoms with van der Waals surface area (Å²) in [5, 5.41) is 17.6. The summed E-state index contributed by atoms with van der Waals surface area (Å²) >= 11 is 0. The largest absolute Gasteiger partial charge is 0.481 e. The van der Waals surface area contributed by atoms with Gasteiger partial charge in [-0.3, -0.25) is 9.59 Å². The van der Waals surface area contributed by atoms with Gasteiger partial charge in [0, 0.05) is 5.41 Å². The number of rotatable bonds is 6. The first-order valence-electron chi connectivity index (χ1n) is 5.11. The van der Waals surface area contributed by atoms with Gasteiger partial charge in [-0.05, 0) is 13.8 Å². The van der Waals surface area contributed by atoms with Crippen LogP contribution in [-0.2, 0) is 14.3 Å². The highest BCUT2D eigenvalue weighted by Crippen LogP contribution is 2.23. The number of ether oxygens (including phenoxy) is 1. The lowest BCUT2D eigenvalue weighted by atomic mass is 9.90. The highest BCUT2D eigenvalue weighted by atomic mass is 16.5. The van der Waals surface area contributed by atoms with Crippen LogP contribution in [-0.4, -0.2) is 35.4 Å². The van der Waals surface area contributed by atoms with E-state index in [1.165, 1.54) is 0 Å². The molecule has 0 aromatic carbocycles. The average Bonchev–Trinajstić information content (AvgIpc) is 2.12. The fraction of sp³-hybridized carbons (Fsp3) is 0.818. The van der Waals surface area contributed by atoms with Crippen LogP contribution in [0.25, 0.3) is 0 Å². The molecule has 0 aliphatic carbocycles. The molecule has 0 rings (SSSR count). The van der Waals surface area contributed by atoms with Gasteiger partial charge in [0.05, 0.1) is 25.0 Å². The van der Waals surface area contributed by atoms with E-state index in [4.69, 9.17) is 14.9 Å². The van der Waals surface area contributed by atoms with Crippen LogP contribution in [0.15, 0.2) is 0 Å². The number of carbonyl (C=O) groups excluding carboxylic acids is 1. The zero-order valence-corrected chi connectivity index (χ0v) is 10.2. The number of aliphatic hydroxyl groups excluding tert-OH is 1. The Morgan fingerprint density at radius 2 is 1.69 bits per heavy atom. The van der Waals surface area contributed by atoms with E-state index < -0.39 is 22.8 Å². The monoisotopic (exact) mass is 232 g/mol. The van der Waals surface area contributed by atoms with Crippen LogP contribution in [0.5, 0.6) is 0 Å². The van der Waals surface area contributed by atoms with Crippen molar-refractivity contribution in [2.75, 3.05) is 13.2 Å². The molecule has 0 atom stereocenters. The van der Waals surface area contributed by atoms with E-state index in [2.05, 4.69) is 0 Å². The maximum atomic E-state index is 11.5. The first-order valence-corrected chi connectivity index (χ1v) is 5.11. The Morgan fingerprint density at radius 3 is 2.06 bits per heavy atom. The minimum Gasteiger partial charge on any atom is -0.481 e. The number of hydrogen-bond donors (Lipinski definition) is 2. The fourth-order valence-electron chi connectivity index (χ4n) is 0.981. The van der Waals surface area contributed by atoms with E-state index in [1.807, 2.05) is 0 Å². The van der Waals surface area contributed by atoms with Crippen molar-refractivity contribution in [2.24, 2.45) is 10.8 Å². The fourth-order valence-corrected chi connectivity index (χ4v) is 0.981. The van der Waals surface area contributed by atoms with Gasteiger partial charge >= 0.3 is 11.9 Å². The summed E-state index contributed by atoms with van der Waals surface area (Å²) in [4.78, 5) is 22.0. The van der Waals surface area contributed by atoms with Gasteiger partial charge in [0.1, 0.15) is 0 Å². The van der Waals surface area contributed by atoms with E-state index in [0.29, 0.717) is 0 Å². The van der Waals surface area contributed by atoms with E-state index in [9.17, 15) is 9.59 Å². The maximum Gasteiger partial charge on any atom is 0.313 e. The Balaban J connectivity index is 4.25. The number of carboxylic acid groups (broad SMARTS) is 1. The number of esters is 1. The number of carboxylic acids is 1. The van der Waals surface area contributed by atoms with Crippen molar-refractivity contribution >= 4 is 11.9 Å². The molecule has 94 valence electrons. The Bertz CT molecular complexity index is 268. The molecule has 0 radical (unpaired) electrons. The standard InChI is InChI=1S/C11H20O5/c1-10(2,5-8(13)14)7-16-9(15)11(3,4)6-12/h12H,5-7H2,1-4H3,(H,13,14). The van der Waals surface area contributed by atoms with Gasteiger partial charge in [0.15, 0.2) is 0 Å². The molecule has 5 nitrogen and oxygen atoms in total. The van der Waals surface area contributed by atoms with Crippen molar-refractivity contribution in [1.82, 2.24) is 0 Å². The van der Waals surface area contributed by atoms with Gasteiger partial charge in [0.2, 0.25) is 0 Å². The second-order valence-electron chi connectivity index (χ2n) is 5.35. The van der Waals surface area contributed by atoms with Gasteiger partial charge in [-0.25, -0.2) is 0 Å². The minimum atomic E-state index is -0.945. The van der Waals surface area contributed by atoms with Crippen molar-refractivity contribution in [3.63, 3.8) is 0 Å². The van der Waals surface area contributed by atoms with Gasteiger partial charge in [-0.1, -0.05) is 13.8 Å². The Hall–Kier alpha value is -1.10. The lowest BCUT2D eigenvalue weighted by molar-refractivity contribution is -0.161. The molecular weight excluding hydrogens is 212 g/mol. The van der Waals surface area contributed by atoms with E-state index in [-0.39, 0.29) is 19.6 Å². The van der Waals surface area contributed by atoms with Crippen LogP contribution >= 0.6 is 0 Å².